The highest BCUT2D eigenvalue weighted by Crippen LogP contribution is 2.43. The number of phosphoric acid groups is 1. The lowest BCUT2D eigenvalue weighted by atomic mass is 10.0. The highest BCUT2D eigenvalue weighted by molar-refractivity contribution is 7.47. The van der Waals surface area contributed by atoms with Gasteiger partial charge in [-0.05, 0) is 12.0 Å². The van der Waals surface area contributed by atoms with Gasteiger partial charge >= 0.3 is 7.82 Å². The Morgan fingerprint density at radius 1 is 0.780 bits per heavy atom. The van der Waals surface area contributed by atoms with E-state index in [9.17, 15) is 9.46 Å². The van der Waals surface area contributed by atoms with Crippen LogP contribution in [0.3, 0.4) is 0 Å². The van der Waals surface area contributed by atoms with Crippen molar-refractivity contribution in [3.63, 3.8) is 0 Å². The first-order valence-corrected chi connectivity index (χ1v) is 17.3. The molecule has 0 bridgehead atoms. The van der Waals surface area contributed by atoms with Crippen LogP contribution < -0.4 is 0 Å². The van der Waals surface area contributed by atoms with Crippen molar-refractivity contribution < 1.29 is 37.2 Å². The fourth-order valence-corrected chi connectivity index (χ4v) is 5.12. The number of phosphoric ester groups is 1. The molecule has 0 fully saturated rings. The molecule has 0 amide bonds. The van der Waals surface area contributed by atoms with E-state index in [1.165, 1.54) is 77.7 Å². The van der Waals surface area contributed by atoms with Gasteiger partial charge in [0.2, 0.25) is 0 Å². The molecule has 1 aromatic rings. The van der Waals surface area contributed by atoms with Crippen LogP contribution in [0.2, 0.25) is 0 Å². The molecule has 3 atom stereocenters. The second kappa shape index (κ2) is 23.6. The molecule has 0 radical (unpaired) electrons. The van der Waals surface area contributed by atoms with E-state index in [0.717, 1.165) is 18.4 Å². The molecular weight excluding hydrogens is 541 g/mol. The molecule has 240 valence electrons. The summed E-state index contributed by atoms with van der Waals surface area (Å²) in [5.41, 5.74) is 1.14. The Balaban J connectivity index is 2.34. The molecule has 8 nitrogen and oxygen atoms in total. The quantitative estimate of drug-likeness (QED) is 0.0603. The monoisotopic (exact) mass is 602 g/mol. The largest absolute Gasteiger partial charge is 0.472 e. The summed E-state index contributed by atoms with van der Waals surface area (Å²) in [6.07, 6.45) is 16.3. The SMILES string of the molecule is CCCCCCCCCCCCCCC(COCC(COP(=O)(O)OCC[N+](C)(C)C)OC)OCc1ccccc1. The first-order valence-electron chi connectivity index (χ1n) is 15.8. The standard InChI is InChI=1S/C32H60NO7P/c1-6-7-8-9-10-11-12-13-14-15-16-20-23-31(38-26-30-21-18-17-19-22-30)27-37-28-32(36-5)29-40-41(34,35)39-25-24-33(2,3)4/h17-19,21-22,31-32H,6-16,20,23-29H2,1-5H3/p+1. The van der Waals surface area contributed by atoms with Crippen LogP contribution in [0.4, 0.5) is 0 Å². The fraction of sp³-hybridized carbons (Fsp3) is 0.812. The van der Waals surface area contributed by atoms with Crippen molar-refractivity contribution in [2.24, 2.45) is 0 Å². The van der Waals surface area contributed by atoms with Crippen molar-refractivity contribution in [3.05, 3.63) is 35.9 Å². The fourth-order valence-electron chi connectivity index (χ4n) is 4.38. The highest BCUT2D eigenvalue weighted by atomic mass is 31.2. The maximum absolute atomic E-state index is 12.2. The van der Waals surface area contributed by atoms with Crippen molar-refractivity contribution >= 4 is 7.82 Å². The third-order valence-corrected chi connectivity index (χ3v) is 8.07. The molecule has 1 N–H and O–H groups in total. The number of rotatable bonds is 28. The summed E-state index contributed by atoms with van der Waals surface area (Å²) in [5.74, 6) is 0. The van der Waals surface area contributed by atoms with Gasteiger partial charge in [0.1, 0.15) is 19.3 Å². The number of hydrogen-bond acceptors (Lipinski definition) is 6. The van der Waals surface area contributed by atoms with Crippen LogP contribution in [-0.4, -0.2) is 82.8 Å². The van der Waals surface area contributed by atoms with E-state index in [2.05, 4.69) is 19.1 Å². The Hall–Kier alpha value is -0.830. The second-order valence-corrected chi connectivity index (χ2v) is 13.6. The lowest BCUT2D eigenvalue weighted by Crippen LogP contribution is -2.37. The predicted octanol–water partition coefficient (Wildman–Crippen LogP) is 7.53. The number of nitrogens with zero attached hydrogens (tertiary/aromatic N) is 1. The van der Waals surface area contributed by atoms with Gasteiger partial charge in [-0.1, -0.05) is 114 Å². The summed E-state index contributed by atoms with van der Waals surface area (Å²) in [6, 6.07) is 10.2. The van der Waals surface area contributed by atoms with Crippen LogP contribution in [0.1, 0.15) is 96.0 Å². The molecule has 1 aromatic carbocycles. The highest BCUT2D eigenvalue weighted by Gasteiger charge is 2.25. The summed E-state index contributed by atoms with van der Waals surface area (Å²) in [4.78, 5) is 9.98. The van der Waals surface area contributed by atoms with Crippen molar-refractivity contribution in [1.29, 1.82) is 0 Å². The lowest BCUT2D eigenvalue weighted by Gasteiger charge is -2.24. The van der Waals surface area contributed by atoms with Crippen LogP contribution in [0.5, 0.6) is 0 Å². The van der Waals surface area contributed by atoms with Crippen molar-refractivity contribution in [3.8, 4) is 0 Å². The van der Waals surface area contributed by atoms with Gasteiger partial charge < -0.3 is 23.6 Å². The van der Waals surface area contributed by atoms with Crippen LogP contribution in [0, 0.1) is 0 Å². The van der Waals surface area contributed by atoms with E-state index in [4.69, 9.17) is 23.3 Å². The van der Waals surface area contributed by atoms with Gasteiger partial charge in [-0.2, -0.15) is 0 Å². The molecule has 41 heavy (non-hydrogen) atoms. The number of unbranched alkanes of at least 4 members (excludes halogenated alkanes) is 11. The topological polar surface area (TPSA) is 83.5 Å². The minimum absolute atomic E-state index is 0.0282. The van der Waals surface area contributed by atoms with Crippen LogP contribution >= 0.6 is 7.82 Å². The smallest absolute Gasteiger partial charge is 0.377 e. The zero-order valence-electron chi connectivity index (χ0n) is 26.8. The second-order valence-electron chi connectivity index (χ2n) is 12.1. The molecule has 0 spiro atoms. The van der Waals surface area contributed by atoms with Gasteiger partial charge in [0.05, 0.1) is 53.7 Å². The molecule has 0 aliphatic carbocycles. The number of methoxy groups -OCH3 is 1. The molecule has 9 heteroatoms. The number of quaternary nitrogens is 1. The first-order chi connectivity index (χ1) is 19.6. The zero-order chi connectivity index (χ0) is 30.2. The molecule has 0 aromatic heterocycles. The van der Waals surface area contributed by atoms with Crippen LogP contribution in [0.25, 0.3) is 0 Å². The van der Waals surface area contributed by atoms with Crippen LogP contribution in [0.15, 0.2) is 30.3 Å². The summed E-state index contributed by atoms with van der Waals surface area (Å²) >= 11 is 0. The normalized spacial score (nSPS) is 15.1. The van der Waals surface area contributed by atoms with Crippen molar-refractivity contribution in [1.82, 2.24) is 0 Å². The molecule has 0 heterocycles. The average Bonchev–Trinajstić information content (AvgIpc) is 2.93. The van der Waals surface area contributed by atoms with Gasteiger partial charge in [0, 0.05) is 7.11 Å². The molecule has 0 aliphatic rings. The molecule has 3 unspecified atom stereocenters. The van der Waals surface area contributed by atoms with Crippen molar-refractivity contribution in [2.45, 2.75) is 109 Å². The van der Waals surface area contributed by atoms with E-state index < -0.39 is 13.9 Å². The van der Waals surface area contributed by atoms with Crippen molar-refractivity contribution in [2.75, 3.05) is 61.2 Å². The Kier molecular flexibility index (Phi) is 22.0. The summed E-state index contributed by atoms with van der Waals surface area (Å²) in [5, 5.41) is 0. The first kappa shape index (κ1) is 38.2. The molecular formula is C32H61NO7P+. The third kappa shape index (κ3) is 23.3. The maximum Gasteiger partial charge on any atom is 0.472 e. The Morgan fingerprint density at radius 3 is 1.90 bits per heavy atom. The van der Waals surface area contributed by atoms with Gasteiger partial charge in [-0.15, -0.1) is 0 Å². The van der Waals surface area contributed by atoms with Gasteiger partial charge in [0.15, 0.2) is 0 Å². The van der Waals surface area contributed by atoms with E-state index in [0.29, 0.717) is 24.2 Å². The number of hydrogen-bond donors (Lipinski definition) is 1. The number of likely N-dealkylation sites (N-methyl/N-ethyl adjacent to an activating group) is 1. The Labute approximate surface area is 251 Å². The number of ether oxygens (including phenoxy) is 3. The summed E-state index contributed by atoms with van der Waals surface area (Å²) in [7, 11) is 3.34. The summed E-state index contributed by atoms with van der Waals surface area (Å²) in [6.45, 7) is 4.11. The summed E-state index contributed by atoms with van der Waals surface area (Å²) < 4.78 is 40.6. The minimum atomic E-state index is -4.15. The van der Waals surface area contributed by atoms with Gasteiger partial charge in [-0.25, -0.2) is 4.57 Å². The molecule has 1 rings (SSSR count). The van der Waals surface area contributed by atoms with E-state index in [-0.39, 0.29) is 25.9 Å². The molecule has 0 saturated carbocycles. The Morgan fingerprint density at radius 2 is 1.34 bits per heavy atom. The average molecular weight is 603 g/mol. The van der Waals surface area contributed by atoms with E-state index in [1.54, 1.807) is 0 Å². The van der Waals surface area contributed by atoms with Gasteiger partial charge in [0.25, 0.3) is 0 Å². The lowest BCUT2D eigenvalue weighted by molar-refractivity contribution is -0.870. The predicted molar refractivity (Wildman–Crippen MR) is 167 cm³/mol. The Bertz CT molecular complexity index is 775. The minimum Gasteiger partial charge on any atom is -0.377 e. The van der Waals surface area contributed by atoms with E-state index in [1.807, 2.05) is 39.3 Å². The maximum atomic E-state index is 12.2. The zero-order valence-corrected chi connectivity index (χ0v) is 27.7. The van der Waals surface area contributed by atoms with Crippen LogP contribution in [-0.2, 0) is 34.4 Å². The number of benzene rings is 1. The van der Waals surface area contributed by atoms with Gasteiger partial charge in [-0.3, -0.25) is 9.05 Å². The third-order valence-electron chi connectivity index (χ3n) is 7.09. The molecule has 0 aliphatic heterocycles. The van der Waals surface area contributed by atoms with E-state index >= 15 is 0 Å². The molecule has 0 saturated heterocycles.